The van der Waals surface area contributed by atoms with Gasteiger partial charge in [0.25, 0.3) is 0 Å². The number of rotatable bonds is 5. The lowest BCUT2D eigenvalue weighted by Gasteiger charge is -2.16. The van der Waals surface area contributed by atoms with Crippen LogP contribution >= 0.6 is 11.3 Å². The van der Waals surface area contributed by atoms with Crippen molar-refractivity contribution in [2.24, 2.45) is 0 Å². The van der Waals surface area contributed by atoms with Gasteiger partial charge < -0.3 is 0 Å². The van der Waals surface area contributed by atoms with Crippen LogP contribution in [0.25, 0.3) is 109 Å². The number of hydrogen-bond acceptors (Lipinski definition) is 3. The minimum Gasteiger partial charge on any atom is -0.228 e. The van der Waals surface area contributed by atoms with E-state index in [2.05, 4.69) is 194 Å². The Hall–Kier alpha value is -6.94. The van der Waals surface area contributed by atoms with E-state index in [1.807, 2.05) is 11.3 Å². The Bertz CT molecular complexity index is 3250. The lowest BCUT2D eigenvalue weighted by molar-refractivity contribution is 1.19. The van der Waals surface area contributed by atoms with Crippen molar-refractivity contribution in [3.05, 3.63) is 194 Å². The van der Waals surface area contributed by atoms with Crippen LogP contribution < -0.4 is 0 Å². The molecule has 55 heavy (non-hydrogen) atoms. The summed E-state index contributed by atoms with van der Waals surface area (Å²) in [5.74, 6) is 0.700. The van der Waals surface area contributed by atoms with Crippen molar-refractivity contribution in [2.75, 3.05) is 0 Å². The summed E-state index contributed by atoms with van der Waals surface area (Å²) in [7, 11) is 0. The maximum atomic E-state index is 5.42. The molecule has 0 N–H and O–H groups in total. The van der Waals surface area contributed by atoms with E-state index in [0.29, 0.717) is 5.82 Å². The van der Waals surface area contributed by atoms with Crippen LogP contribution in [0.2, 0.25) is 0 Å². The van der Waals surface area contributed by atoms with Crippen LogP contribution in [0, 0.1) is 0 Å². The van der Waals surface area contributed by atoms with Crippen LogP contribution in [0.4, 0.5) is 0 Å². The molecule has 9 aromatic carbocycles. The summed E-state index contributed by atoms with van der Waals surface area (Å²) in [5.41, 5.74) is 9.70. The van der Waals surface area contributed by atoms with Gasteiger partial charge in [-0.1, -0.05) is 170 Å². The zero-order chi connectivity index (χ0) is 36.3. The molecule has 0 unspecified atom stereocenters. The van der Waals surface area contributed by atoms with Crippen molar-refractivity contribution in [3.8, 4) is 56.2 Å². The molecular formula is C52H32N2S. The maximum absolute atomic E-state index is 5.42. The normalized spacial score (nSPS) is 11.6. The van der Waals surface area contributed by atoms with Crippen LogP contribution in [-0.4, -0.2) is 9.97 Å². The molecule has 0 aliphatic heterocycles. The standard InChI is InChI=1S/C52H32N2S/c1-2-12-33(13-3-1)34-24-26-36(27-25-34)52-53-47(39-17-10-16-37(30-39)42-21-11-22-45-43-20-8-9-23-49(43)55-51(42)45)32-48(54-52)50-41-19-7-5-15-38(41)31-46-40-18-6-4-14-35(40)28-29-44(46)50/h1-32H. The van der Waals surface area contributed by atoms with Crippen LogP contribution in [0.15, 0.2) is 194 Å². The maximum Gasteiger partial charge on any atom is 0.160 e. The minimum atomic E-state index is 0.700. The quantitative estimate of drug-likeness (QED) is 0.131. The van der Waals surface area contributed by atoms with Gasteiger partial charge in [-0.2, -0.15) is 0 Å². The monoisotopic (exact) mass is 716 g/mol. The Morgan fingerprint density at radius 1 is 0.327 bits per heavy atom. The highest BCUT2D eigenvalue weighted by Crippen LogP contribution is 2.42. The highest BCUT2D eigenvalue weighted by atomic mass is 32.1. The van der Waals surface area contributed by atoms with Gasteiger partial charge >= 0.3 is 0 Å². The highest BCUT2D eigenvalue weighted by Gasteiger charge is 2.18. The molecule has 0 spiro atoms. The first kappa shape index (κ1) is 31.6. The van der Waals surface area contributed by atoms with Gasteiger partial charge in [-0.15, -0.1) is 11.3 Å². The van der Waals surface area contributed by atoms with Gasteiger partial charge in [-0.3, -0.25) is 0 Å². The van der Waals surface area contributed by atoms with E-state index in [9.17, 15) is 0 Å². The van der Waals surface area contributed by atoms with E-state index >= 15 is 0 Å². The first-order valence-electron chi connectivity index (χ1n) is 18.6. The smallest absolute Gasteiger partial charge is 0.160 e. The van der Waals surface area contributed by atoms with Crippen molar-refractivity contribution in [1.82, 2.24) is 9.97 Å². The summed E-state index contributed by atoms with van der Waals surface area (Å²) in [5, 5.41) is 9.82. The number of thiophene rings is 1. The van der Waals surface area contributed by atoms with Gasteiger partial charge in [0.05, 0.1) is 11.4 Å². The van der Waals surface area contributed by atoms with Gasteiger partial charge in [0, 0.05) is 36.9 Å². The van der Waals surface area contributed by atoms with Crippen LogP contribution in [-0.2, 0) is 0 Å². The van der Waals surface area contributed by atoms with Crippen LogP contribution in [0.3, 0.4) is 0 Å². The third kappa shape index (κ3) is 5.40. The fraction of sp³-hybridized carbons (Fsp3) is 0. The Morgan fingerprint density at radius 2 is 0.964 bits per heavy atom. The topological polar surface area (TPSA) is 25.8 Å². The molecule has 0 aliphatic rings. The Morgan fingerprint density at radius 3 is 1.84 bits per heavy atom. The van der Waals surface area contributed by atoms with E-state index in [4.69, 9.17) is 9.97 Å². The van der Waals surface area contributed by atoms with E-state index < -0.39 is 0 Å². The predicted molar refractivity (Wildman–Crippen MR) is 235 cm³/mol. The molecule has 0 radical (unpaired) electrons. The van der Waals surface area contributed by atoms with Crippen molar-refractivity contribution in [3.63, 3.8) is 0 Å². The van der Waals surface area contributed by atoms with Crippen molar-refractivity contribution in [1.29, 1.82) is 0 Å². The lowest BCUT2D eigenvalue weighted by Crippen LogP contribution is -1.97. The fourth-order valence-corrected chi connectivity index (χ4v) is 9.45. The van der Waals surface area contributed by atoms with E-state index in [0.717, 1.165) is 33.6 Å². The Balaban J connectivity index is 1.14. The summed E-state index contributed by atoms with van der Waals surface area (Å²) < 4.78 is 2.61. The molecule has 0 saturated heterocycles. The SMILES string of the molecule is c1ccc(-c2ccc(-c3nc(-c4cccc(-c5cccc6c5sc5ccccc56)c4)cc(-c4c5ccccc5cc5c4ccc4ccccc45)n3)cc2)cc1. The molecule has 0 bridgehead atoms. The minimum absolute atomic E-state index is 0.700. The molecule has 11 aromatic rings. The second kappa shape index (κ2) is 12.9. The molecular weight excluding hydrogens is 685 g/mol. The summed E-state index contributed by atoms with van der Waals surface area (Å²) in [6.07, 6.45) is 0. The molecule has 0 amide bonds. The molecule has 2 heterocycles. The van der Waals surface area contributed by atoms with Crippen LogP contribution in [0.1, 0.15) is 0 Å². The average molecular weight is 717 g/mol. The van der Waals surface area contributed by atoms with Gasteiger partial charge in [-0.25, -0.2) is 9.97 Å². The zero-order valence-electron chi connectivity index (χ0n) is 29.8. The third-order valence-corrected chi connectivity index (χ3v) is 12.1. The second-order valence-corrected chi connectivity index (χ2v) is 15.2. The fourth-order valence-electron chi connectivity index (χ4n) is 8.21. The molecule has 0 fully saturated rings. The van der Waals surface area contributed by atoms with Crippen molar-refractivity contribution in [2.45, 2.75) is 0 Å². The molecule has 2 nitrogen and oxygen atoms in total. The lowest BCUT2D eigenvalue weighted by atomic mass is 9.91. The average Bonchev–Trinajstić information content (AvgIpc) is 3.65. The molecule has 256 valence electrons. The predicted octanol–water partition coefficient (Wildman–Crippen LogP) is 14.6. The largest absolute Gasteiger partial charge is 0.228 e. The molecule has 0 saturated carbocycles. The number of hydrogen-bond donors (Lipinski definition) is 0. The molecule has 0 atom stereocenters. The first-order valence-corrected chi connectivity index (χ1v) is 19.5. The summed E-state index contributed by atoms with van der Waals surface area (Å²) in [6, 6.07) is 69.7. The Kier molecular flexibility index (Phi) is 7.39. The highest BCUT2D eigenvalue weighted by molar-refractivity contribution is 7.26. The number of nitrogens with zero attached hydrogens (tertiary/aromatic N) is 2. The van der Waals surface area contributed by atoms with Crippen molar-refractivity contribution < 1.29 is 0 Å². The third-order valence-electron chi connectivity index (χ3n) is 10.9. The Labute approximate surface area is 322 Å². The van der Waals surface area contributed by atoms with Gasteiger partial charge in [0.15, 0.2) is 5.82 Å². The molecule has 0 aliphatic carbocycles. The number of fused-ring (bicyclic) bond motifs is 7. The van der Waals surface area contributed by atoms with E-state index in [1.165, 1.54) is 69.2 Å². The summed E-state index contributed by atoms with van der Waals surface area (Å²) >= 11 is 1.86. The zero-order valence-corrected chi connectivity index (χ0v) is 30.6. The van der Waals surface area contributed by atoms with Crippen LogP contribution in [0.5, 0.6) is 0 Å². The molecule has 2 aromatic heterocycles. The second-order valence-electron chi connectivity index (χ2n) is 14.1. The van der Waals surface area contributed by atoms with E-state index in [-0.39, 0.29) is 0 Å². The summed E-state index contributed by atoms with van der Waals surface area (Å²) in [4.78, 5) is 10.8. The number of aromatic nitrogens is 2. The summed E-state index contributed by atoms with van der Waals surface area (Å²) in [6.45, 7) is 0. The van der Waals surface area contributed by atoms with Gasteiger partial charge in [0.1, 0.15) is 0 Å². The van der Waals surface area contributed by atoms with Gasteiger partial charge in [-0.05, 0) is 78.8 Å². The van der Waals surface area contributed by atoms with Crippen molar-refractivity contribution >= 4 is 63.8 Å². The van der Waals surface area contributed by atoms with Gasteiger partial charge in [0.2, 0.25) is 0 Å². The number of benzene rings is 9. The molecule has 3 heteroatoms. The first-order chi connectivity index (χ1) is 27.2. The van der Waals surface area contributed by atoms with E-state index in [1.54, 1.807) is 0 Å². The molecule has 11 rings (SSSR count).